The second kappa shape index (κ2) is 7.79. The Balaban J connectivity index is 1.88. The van der Waals surface area contributed by atoms with E-state index in [4.69, 9.17) is 0 Å². The predicted octanol–water partition coefficient (Wildman–Crippen LogP) is 3.19. The Morgan fingerprint density at radius 1 is 1.09 bits per heavy atom. The van der Waals surface area contributed by atoms with Crippen LogP contribution >= 0.6 is 0 Å². The van der Waals surface area contributed by atoms with Crippen molar-refractivity contribution in [3.63, 3.8) is 0 Å². The van der Waals surface area contributed by atoms with Crippen LogP contribution in [0.25, 0.3) is 0 Å². The summed E-state index contributed by atoms with van der Waals surface area (Å²) in [6.07, 6.45) is 0.0767. The van der Waals surface area contributed by atoms with Crippen molar-refractivity contribution in [2.75, 3.05) is 0 Å². The Hall–Kier alpha value is -3.56. The molecule has 2 amide bonds. The molecule has 2 aromatic rings. The Labute approximate surface area is 187 Å². The zero-order valence-electron chi connectivity index (χ0n) is 17.9. The van der Waals surface area contributed by atoms with Crippen molar-refractivity contribution >= 4 is 17.6 Å². The third-order valence-electron chi connectivity index (χ3n) is 5.85. The summed E-state index contributed by atoms with van der Waals surface area (Å²) in [5.41, 5.74) is -4.47. The largest absolute Gasteiger partial charge is 0.425 e. The van der Waals surface area contributed by atoms with Gasteiger partial charge < -0.3 is 10.2 Å². The summed E-state index contributed by atoms with van der Waals surface area (Å²) in [7, 11) is 0. The molecule has 4 rings (SSSR count). The molecule has 1 aliphatic heterocycles. The van der Waals surface area contributed by atoms with Crippen LogP contribution in [0.1, 0.15) is 42.6 Å². The highest BCUT2D eigenvalue weighted by Gasteiger charge is 2.71. The van der Waals surface area contributed by atoms with E-state index in [1.807, 2.05) is 5.32 Å². The number of Topliss-reactive ketones (excluding diaryl/α,β-unsaturated/α-hetero) is 1. The molecule has 1 atom stereocenters. The van der Waals surface area contributed by atoms with E-state index in [0.717, 1.165) is 4.90 Å². The van der Waals surface area contributed by atoms with Gasteiger partial charge in [0.1, 0.15) is 0 Å². The second-order valence-corrected chi connectivity index (χ2v) is 8.95. The Kier molecular flexibility index (Phi) is 5.34. The van der Waals surface area contributed by atoms with Gasteiger partial charge in [-0.25, -0.2) is 0 Å². The van der Waals surface area contributed by atoms with Crippen LogP contribution in [0.3, 0.4) is 0 Å². The van der Waals surface area contributed by atoms with Gasteiger partial charge in [0, 0.05) is 42.5 Å². The lowest BCUT2D eigenvalue weighted by molar-refractivity contribution is -0.190. The fourth-order valence-corrected chi connectivity index (χ4v) is 4.41. The van der Waals surface area contributed by atoms with Gasteiger partial charge in [-0.05, 0) is 35.6 Å². The van der Waals surface area contributed by atoms with Gasteiger partial charge in [0.25, 0.3) is 11.8 Å². The third kappa shape index (κ3) is 3.79. The minimum Gasteiger partial charge on any atom is -0.326 e. The number of pyridine rings is 2. The summed E-state index contributed by atoms with van der Waals surface area (Å²) in [5, 5.41) is 1.89. The maximum Gasteiger partial charge on any atom is 0.425 e. The topological polar surface area (TPSA) is 92.3 Å². The van der Waals surface area contributed by atoms with Gasteiger partial charge in [-0.3, -0.25) is 24.4 Å². The highest BCUT2D eigenvalue weighted by molar-refractivity contribution is 6.14. The molecule has 0 bridgehead atoms. The first-order chi connectivity index (χ1) is 15.5. The van der Waals surface area contributed by atoms with E-state index in [-0.39, 0.29) is 30.6 Å². The number of rotatable bonds is 4. The number of aromatic nitrogens is 2. The number of nitrogens with zero attached hydrogens (tertiary/aromatic N) is 3. The minimum atomic E-state index is -5.26. The molecule has 2 aliphatic rings. The van der Waals surface area contributed by atoms with Crippen LogP contribution in [0.2, 0.25) is 0 Å². The van der Waals surface area contributed by atoms with E-state index < -0.39 is 40.3 Å². The Morgan fingerprint density at radius 2 is 1.79 bits per heavy atom. The molecule has 0 aromatic carbocycles. The molecule has 10 heteroatoms. The zero-order chi connectivity index (χ0) is 24.0. The average Bonchev–Trinajstić information content (AvgIpc) is 2.97. The van der Waals surface area contributed by atoms with Crippen LogP contribution in [-0.4, -0.2) is 44.2 Å². The van der Waals surface area contributed by atoms with Crippen LogP contribution in [-0.2, 0) is 16.1 Å². The number of hydrogen-bond acceptors (Lipinski definition) is 5. The summed E-state index contributed by atoms with van der Waals surface area (Å²) < 4.78 is 44.2. The van der Waals surface area contributed by atoms with E-state index in [0.29, 0.717) is 5.56 Å². The highest BCUT2D eigenvalue weighted by atomic mass is 19.4. The summed E-state index contributed by atoms with van der Waals surface area (Å²) in [4.78, 5) is 48.1. The van der Waals surface area contributed by atoms with Crippen molar-refractivity contribution < 1.29 is 27.6 Å². The number of allylic oxidation sites excluding steroid dienone is 1. The molecule has 0 saturated heterocycles. The first-order valence-electron chi connectivity index (χ1n) is 10.2. The number of hydrogen-bond donors (Lipinski definition) is 1. The van der Waals surface area contributed by atoms with Gasteiger partial charge in [-0.15, -0.1) is 0 Å². The van der Waals surface area contributed by atoms with Crippen LogP contribution in [0.4, 0.5) is 13.2 Å². The predicted molar refractivity (Wildman–Crippen MR) is 110 cm³/mol. The number of carbonyl (C=O) groups is 3. The molecule has 7 nitrogen and oxygen atoms in total. The smallest absolute Gasteiger partial charge is 0.326 e. The number of carbonyl (C=O) groups excluding carboxylic acids is 3. The van der Waals surface area contributed by atoms with Crippen molar-refractivity contribution in [1.29, 1.82) is 0 Å². The van der Waals surface area contributed by atoms with Crippen molar-refractivity contribution in [3.8, 4) is 0 Å². The number of halogens is 3. The zero-order valence-corrected chi connectivity index (χ0v) is 17.9. The molecular formula is C23H21F3N4O3. The average molecular weight is 458 g/mol. The Bertz CT molecular complexity index is 1150. The van der Waals surface area contributed by atoms with E-state index in [1.54, 1.807) is 26.0 Å². The first-order valence-corrected chi connectivity index (χ1v) is 10.2. The van der Waals surface area contributed by atoms with Crippen LogP contribution in [0, 0.1) is 5.41 Å². The SMILES string of the molecule is CC1(C)CC(=O)C2=C(C1)N(Cc1cccnc1)C(=O)C2(NC(=O)c1ccncc1)C(F)(F)F. The van der Waals surface area contributed by atoms with Gasteiger partial charge in [0.05, 0.1) is 12.1 Å². The fraction of sp³-hybridized carbons (Fsp3) is 0.348. The van der Waals surface area contributed by atoms with E-state index in [1.165, 1.54) is 36.9 Å². The molecule has 3 heterocycles. The number of nitrogens with one attached hydrogen (secondary N) is 1. The molecule has 2 aromatic heterocycles. The molecule has 1 unspecified atom stereocenters. The molecule has 1 N–H and O–H groups in total. The second-order valence-electron chi connectivity index (χ2n) is 8.95. The number of amides is 2. The summed E-state index contributed by atoms with van der Waals surface area (Å²) in [5.74, 6) is -3.34. The molecular weight excluding hydrogens is 437 g/mol. The van der Waals surface area contributed by atoms with E-state index >= 15 is 0 Å². The standard InChI is InChI=1S/C23H21F3N4O3/c1-21(2)10-16-18(17(31)11-21)22(23(24,25)26,29-19(32)15-5-8-27-9-6-15)20(33)30(16)13-14-4-3-7-28-12-14/h3-9,12H,10-11,13H2,1-2H3,(H,29,32). The maximum absolute atomic E-state index is 14.7. The Morgan fingerprint density at radius 3 is 2.39 bits per heavy atom. The monoisotopic (exact) mass is 458 g/mol. The molecule has 172 valence electrons. The van der Waals surface area contributed by atoms with Crippen molar-refractivity contribution in [1.82, 2.24) is 20.2 Å². The molecule has 0 saturated carbocycles. The summed E-state index contributed by atoms with van der Waals surface area (Å²) in [6.45, 7) is 3.30. The maximum atomic E-state index is 14.7. The number of alkyl halides is 3. The van der Waals surface area contributed by atoms with Gasteiger partial charge in [0.15, 0.2) is 5.78 Å². The molecule has 0 fully saturated rings. The van der Waals surface area contributed by atoms with Crippen molar-refractivity contribution in [2.24, 2.45) is 5.41 Å². The van der Waals surface area contributed by atoms with Gasteiger partial charge in [0.2, 0.25) is 5.54 Å². The lowest BCUT2D eigenvalue weighted by atomic mass is 9.72. The van der Waals surface area contributed by atoms with E-state index in [9.17, 15) is 27.6 Å². The lowest BCUT2D eigenvalue weighted by Gasteiger charge is -2.35. The summed E-state index contributed by atoms with van der Waals surface area (Å²) >= 11 is 0. The van der Waals surface area contributed by atoms with Crippen LogP contribution in [0.5, 0.6) is 0 Å². The summed E-state index contributed by atoms with van der Waals surface area (Å²) in [6, 6.07) is 5.68. The van der Waals surface area contributed by atoms with Gasteiger partial charge in [-0.2, -0.15) is 13.2 Å². The van der Waals surface area contributed by atoms with Crippen LogP contribution in [0.15, 0.2) is 60.3 Å². The fourth-order valence-electron chi connectivity index (χ4n) is 4.41. The minimum absolute atomic E-state index is 0.0162. The van der Waals surface area contributed by atoms with Crippen molar-refractivity contribution in [2.45, 2.75) is 44.9 Å². The van der Waals surface area contributed by atoms with Crippen LogP contribution < -0.4 is 5.32 Å². The third-order valence-corrected chi connectivity index (χ3v) is 5.85. The lowest BCUT2D eigenvalue weighted by Crippen LogP contribution is -2.66. The molecule has 1 aliphatic carbocycles. The first kappa shape index (κ1) is 22.6. The van der Waals surface area contributed by atoms with Crippen molar-refractivity contribution in [3.05, 3.63) is 71.4 Å². The molecule has 33 heavy (non-hydrogen) atoms. The van der Waals surface area contributed by atoms with Gasteiger partial charge in [-0.1, -0.05) is 19.9 Å². The quantitative estimate of drug-likeness (QED) is 0.760. The van der Waals surface area contributed by atoms with E-state index in [2.05, 4.69) is 9.97 Å². The van der Waals surface area contributed by atoms with Gasteiger partial charge >= 0.3 is 6.18 Å². The number of ketones is 1. The molecule has 0 radical (unpaired) electrons. The normalized spacial score (nSPS) is 22.4. The molecule has 0 spiro atoms. The highest BCUT2D eigenvalue weighted by Crippen LogP contribution is 2.52.